The summed E-state index contributed by atoms with van der Waals surface area (Å²) in [6, 6.07) is 19.3. The van der Waals surface area contributed by atoms with Gasteiger partial charge in [-0.2, -0.15) is 0 Å². The van der Waals surface area contributed by atoms with Crippen molar-refractivity contribution in [3.63, 3.8) is 0 Å². The van der Waals surface area contributed by atoms with Gasteiger partial charge in [-0.05, 0) is 11.1 Å². The van der Waals surface area contributed by atoms with Gasteiger partial charge in [-0.1, -0.05) is 60.7 Å². The van der Waals surface area contributed by atoms with Crippen LogP contribution in [0.3, 0.4) is 0 Å². The quantitative estimate of drug-likeness (QED) is 0.629. The zero-order valence-corrected chi connectivity index (χ0v) is 17.2. The van der Waals surface area contributed by atoms with Crippen LogP contribution in [0.5, 0.6) is 0 Å². The molecule has 1 saturated heterocycles. The Bertz CT molecular complexity index is 768. The second-order valence-electron chi connectivity index (χ2n) is 7.09. The third kappa shape index (κ3) is 6.10. The summed E-state index contributed by atoms with van der Waals surface area (Å²) in [5, 5.41) is 10.8. The summed E-state index contributed by atoms with van der Waals surface area (Å²) < 4.78 is 28.5. The highest BCUT2D eigenvalue weighted by atomic mass is 16.7. The van der Waals surface area contributed by atoms with Crippen molar-refractivity contribution in [2.24, 2.45) is 0 Å². The van der Waals surface area contributed by atoms with Gasteiger partial charge >= 0.3 is 5.97 Å². The molecule has 1 aliphatic rings. The highest BCUT2D eigenvalue weighted by Crippen LogP contribution is 2.28. The molecule has 0 aromatic heterocycles. The van der Waals surface area contributed by atoms with Crippen molar-refractivity contribution in [2.45, 2.75) is 50.8 Å². The zero-order valence-electron chi connectivity index (χ0n) is 17.2. The molecular weight excluding hydrogens is 388 g/mol. The smallest absolute Gasteiger partial charge is 0.302 e. The molecule has 0 saturated carbocycles. The SMILES string of the molecule is CO[C@@H]1O[C@H](COC(C)=O)[C@@H](OCc2ccccc2)[C@H](OCc2ccccc2)[C@H]1O. The van der Waals surface area contributed by atoms with E-state index in [2.05, 4.69) is 0 Å². The number of benzene rings is 2. The van der Waals surface area contributed by atoms with Gasteiger partial charge in [0.15, 0.2) is 6.29 Å². The van der Waals surface area contributed by atoms with Crippen molar-refractivity contribution in [3.8, 4) is 0 Å². The van der Waals surface area contributed by atoms with Crippen molar-refractivity contribution < 1.29 is 33.6 Å². The van der Waals surface area contributed by atoms with Gasteiger partial charge in [0, 0.05) is 14.0 Å². The number of hydrogen-bond acceptors (Lipinski definition) is 7. The van der Waals surface area contributed by atoms with Crippen LogP contribution in [0.1, 0.15) is 18.1 Å². The van der Waals surface area contributed by atoms with Crippen LogP contribution in [0, 0.1) is 0 Å². The van der Waals surface area contributed by atoms with E-state index in [-0.39, 0.29) is 13.2 Å². The van der Waals surface area contributed by atoms with E-state index in [0.29, 0.717) is 6.61 Å². The maximum atomic E-state index is 11.3. The Hall–Kier alpha value is -2.29. The van der Waals surface area contributed by atoms with Gasteiger partial charge in [0.1, 0.15) is 31.0 Å². The molecule has 7 nitrogen and oxygen atoms in total. The molecule has 0 unspecified atom stereocenters. The van der Waals surface area contributed by atoms with Crippen LogP contribution in [0.2, 0.25) is 0 Å². The van der Waals surface area contributed by atoms with E-state index < -0.39 is 36.7 Å². The average molecular weight is 416 g/mol. The first-order chi connectivity index (χ1) is 14.6. The van der Waals surface area contributed by atoms with Gasteiger partial charge in [0.05, 0.1) is 13.2 Å². The van der Waals surface area contributed by atoms with Crippen LogP contribution in [0.25, 0.3) is 0 Å². The number of carbonyl (C=O) groups is 1. The van der Waals surface area contributed by atoms with E-state index in [1.807, 2.05) is 60.7 Å². The van der Waals surface area contributed by atoms with Crippen LogP contribution in [-0.4, -0.2) is 55.5 Å². The van der Waals surface area contributed by atoms with Crippen LogP contribution in [0.15, 0.2) is 60.7 Å². The Labute approximate surface area is 176 Å². The number of aliphatic hydroxyl groups is 1. The van der Waals surface area contributed by atoms with Crippen molar-refractivity contribution in [2.75, 3.05) is 13.7 Å². The molecule has 2 aromatic rings. The molecule has 1 N–H and O–H groups in total. The van der Waals surface area contributed by atoms with Crippen LogP contribution in [0.4, 0.5) is 0 Å². The van der Waals surface area contributed by atoms with Crippen molar-refractivity contribution in [1.82, 2.24) is 0 Å². The number of ether oxygens (including phenoxy) is 5. The lowest BCUT2D eigenvalue weighted by Gasteiger charge is -2.43. The second-order valence-corrected chi connectivity index (χ2v) is 7.09. The first-order valence-electron chi connectivity index (χ1n) is 9.89. The highest BCUT2D eigenvalue weighted by Gasteiger charge is 2.47. The molecule has 0 spiro atoms. The van der Waals surface area contributed by atoms with Gasteiger partial charge in [-0.3, -0.25) is 4.79 Å². The van der Waals surface area contributed by atoms with E-state index in [0.717, 1.165) is 11.1 Å². The molecule has 5 atom stereocenters. The number of hydrogen-bond donors (Lipinski definition) is 1. The minimum Gasteiger partial charge on any atom is -0.463 e. The number of rotatable bonds is 9. The molecule has 0 bridgehead atoms. The van der Waals surface area contributed by atoms with Gasteiger partial charge in [0.2, 0.25) is 0 Å². The van der Waals surface area contributed by atoms with Crippen LogP contribution >= 0.6 is 0 Å². The second kappa shape index (κ2) is 11.2. The molecule has 1 fully saturated rings. The predicted octanol–water partition coefficient (Wildman–Crippen LogP) is 2.45. The number of carbonyl (C=O) groups excluding carboxylic acids is 1. The topological polar surface area (TPSA) is 83.5 Å². The lowest BCUT2D eigenvalue weighted by molar-refractivity contribution is -0.312. The molecule has 1 heterocycles. The maximum Gasteiger partial charge on any atom is 0.302 e. The summed E-state index contributed by atoms with van der Waals surface area (Å²) >= 11 is 0. The van der Waals surface area contributed by atoms with Gasteiger partial charge in [0.25, 0.3) is 0 Å². The third-order valence-electron chi connectivity index (χ3n) is 4.87. The molecule has 0 amide bonds. The van der Waals surface area contributed by atoms with Gasteiger partial charge < -0.3 is 28.8 Å². The Morgan fingerprint density at radius 1 is 0.933 bits per heavy atom. The fourth-order valence-electron chi connectivity index (χ4n) is 3.35. The van der Waals surface area contributed by atoms with Crippen LogP contribution in [-0.2, 0) is 41.7 Å². The minimum atomic E-state index is -1.08. The normalized spacial score (nSPS) is 26.3. The number of aliphatic hydroxyl groups excluding tert-OH is 1. The van der Waals surface area contributed by atoms with E-state index in [1.54, 1.807) is 0 Å². The van der Waals surface area contributed by atoms with E-state index in [1.165, 1.54) is 14.0 Å². The van der Waals surface area contributed by atoms with E-state index in [9.17, 15) is 9.90 Å². The fraction of sp³-hybridized carbons (Fsp3) is 0.435. The van der Waals surface area contributed by atoms with Crippen LogP contribution < -0.4 is 0 Å². The fourth-order valence-corrected chi connectivity index (χ4v) is 3.35. The number of methoxy groups -OCH3 is 1. The van der Waals surface area contributed by atoms with Crippen molar-refractivity contribution in [1.29, 1.82) is 0 Å². The monoisotopic (exact) mass is 416 g/mol. The Morgan fingerprint density at radius 3 is 1.97 bits per heavy atom. The molecular formula is C23H28O7. The molecule has 0 radical (unpaired) electrons. The molecule has 0 aliphatic carbocycles. The first kappa shape index (κ1) is 22.4. The average Bonchev–Trinajstić information content (AvgIpc) is 2.77. The summed E-state index contributed by atoms with van der Waals surface area (Å²) in [7, 11) is 1.44. The molecule has 162 valence electrons. The van der Waals surface area contributed by atoms with Crippen molar-refractivity contribution in [3.05, 3.63) is 71.8 Å². The molecule has 7 heteroatoms. The summed E-state index contributed by atoms with van der Waals surface area (Å²) in [6.45, 7) is 1.87. The lowest BCUT2D eigenvalue weighted by Crippen LogP contribution is -2.60. The Balaban J connectivity index is 1.78. The van der Waals surface area contributed by atoms with Gasteiger partial charge in [-0.25, -0.2) is 0 Å². The molecule has 30 heavy (non-hydrogen) atoms. The van der Waals surface area contributed by atoms with E-state index in [4.69, 9.17) is 23.7 Å². The molecule has 1 aliphatic heterocycles. The number of esters is 1. The highest BCUT2D eigenvalue weighted by molar-refractivity contribution is 5.65. The summed E-state index contributed by atoms with van der Waals surface area (Å²) in [5.74, 6) is -0.428. The largest absolute Gasteiger partial charge is 0.463 e. The summed E-state index contributed by atoms with van der Waals surface area (Å²) in [4.78, 5) is 11.3. The summed E-state index contributed by atoms with van der Waals surface area (Å²) in [5.41, 5.74) is 1.93. The third-order valence-corrected chi connectivity index (χ3v) is 4.87. The maximum absolute atomic E-state index is 11.3. The first-order valence-corrected chi connectivity index (χ1v) is 9.89. The minimum absolute atomic E-state index is 0.0352. The van der Waals surface area contributed by atoms with Gasteiger partial charge in [-0.15, -0.1) is 0 Å². The zero-order chi connectivity index (χ0) is 21.3. The predicted molar refractivity (Wildman–Crippen MR) is 108 cm³/mol. The molecule has 3 rings (SSSR count). The summed E-state index contributed by atoms with van der Waals surface area (Å²) in [6.07, 6.45) is -4.08. The van der Waals surface area contributed by atoms with E-state index >= 15 is 0 Å². The molecule has 2 aromatic carbocycles. The lowest BCUT2D eigenvalue weighted by atomic mass is 9.98. The standard InChI is InChI=1S/C23H28O7/c1-16(24)27-15-19-21(28-13-17-9-5-3-6-10-17)22(20(25)23(26-2)30-19)29-14-18-11-7-4-8-12-18/h3-12,19-23,25H,13-15H2,1-2H3/t19-,20-,21-,22-,23-/m1/s1. The Kier molecular flexibility index (Phi) is 8.36. The van der Waals surface area contributed by atoms with Crippen molar-refractivity contribution >= 4 is 5.97 Å². The Morgan fingerprint density at radius 2 is 1.47 bits per heavy atom.